The summed E-state index contributed by atoms with van der Waals surface area (Å²) in [6, 6.07) is 14.1. The third-order valence-electron chi connectivity index (χ3n) is 2.23. The second-order valence-electron chi connectivity index (χ2n) is 3.30. The predicted molar refractivity (Wildman–Crippen MR) is 63.9 cm³/mol. The van der Waals surface area contributed by atoms with E-state index in [1.54, 1.807) is 0 Å². The van der Waals surface area contributed by atoms with Gasteiger partial charge < -0.3 is 0 Å². The van der Waals surface area contributed by atoms with E-state index in [-0.39, 0.29) is 0 Å². The first-order valence-corrected chi connectivity index (χ1v) is 5.84. The second kappa shape index (κ2) is 4.05. The van der Waals surface area contributed by atoms with Crippen LogP contribution in [0.4, 0.5) is 0 Å². The van der Waals surface area contributed by atoms with Gasteiger partial charge in [0.1, 0.15) is 0 Å². The van der Waals surface area contributed by atoms with Crippen molar-refractivity contribution in [3.05, 3.63) is 42.0 Å². The lowest BCUT2D eigenvalue weighted by atomic mass is 10.1. The van der Waals surface area contributed by atoms with Crippen molar-refractivity contribution >= 4 is 22.5 Å². The van der Waals surface area contributed by atoms with Gasteiger partial charge in [0.2, 0.25) is 0 Å². The van der Waals surface area contributed by atoms with Gasteiger partial charge >= 0.3 is 0 Å². The standard InChI is InChI=1S/C13H13S/c1-3-14-13-9-12-7-5-4-6-11(12)8-10(13)2/h4-8H,3H2,1-2H3. The Morgan fingerprint density at radius 2 is 2.07 bits per heavy atom. The molecule has 2 aromatic carbocycles. The van der Waals surface area contributed by atoms with E-state index in [1.165, 1.54) is 21.2 Å². The molecule has 0 aromatic heterocycles. The average molecular weight is 201 g/mol. The van der Waals surface area contributed by atoms with Crippen LogP contribution >= 0.6 is 11.8 Å². The molecule has 0 saturated heterocycles. The zero-order valence-electron chi connectivity index (χ0n) is 8.50. The minimum Gasteiger partial charge on any atom is -0.126 e. The van der Waals surface area contributed by atoms with Crippen molar-refractivity contribution in [2.45, 2.75) is 18.7 Å². The van der Waals surface area contributed by atoms with E-state index in [9.17, 15) is 0 Å². The van der Waals surface area contributed by atoms with Crippen molar-refractivity contribution in [3.63, 3.8) is 0 Å². The quantitative estimate of drug-likeness (QED) is 0.660. The molecule has 0 atom stereocenters. The van der Waals surface area contributed by atoms with Gasteiger partial charge in [-0.1, -0.05) is 37.3 Å². The summed E-state index contributed by atoms with van der Waals surface area (Å²) in [6.07, 6.45) is 0. The summed E-state index contributed by atoms with van der Waals surface area (Å²) in [7, 11) is 0. The molecular weight excluding hydrogens is 188 g/mol. The number of thioether (sulfide) groups is 1. The first kappa shape index (κ1) is 9.60. The summed E-state index contributed by atoms with van der Waals surface area (Å²) < 4.78 is 0. The van der Waals surface area contributed by atoms with E-state index in [2.05, 4.69) is 50.2 Å². The SMILES string of the molecule is CCSc1[c]c2ccccc2cc1C. The normalized spacial score (nSPS) is 10.7. The highest BCUT2D eigenvalue weighted by molar-refractivity contribution is 7.99. The molecule has 2 aromatic rings. The molecule has 0 amide bonds. The van der Waals surface area contributed by atoms with Crippen molar-refractivity contribution in [1.29, 1.82) is 0 Å². The summed E-state index contributed by atoms with van der Waals surface area (Å²) in [6.45, 7) is 4.33. The fourth-order valence-electron chi connectivity index (χ4n) is 1.55. The summed E-state index contributed by atoms with van der Waals surface area (Å²) >= 11 is 1.86. The Bertz CT molecular complexity index is 446. The monoisotopic (exact) mass is 201 g/mol. The van der Waals surface area contributed by atoms with E-state index < -0.39 is 0 Å². The van der Waals surface area contributed by atoms with Gasteiger partial charge in [0, 0.05) is 11.0 Å². The van der Waals surface area contributed by atoms with E-state index in [0.29, 0.717) is 0 Å². The van der Waals surface area contributed by atoms with Crippen molar-refractivity contribution in [1.82, 2.24) is 0 Å². The molecule has 0 spiro atoms. The summed E-state index contributed by atoms with van der Waals surface area (Å²) in [4.78, 5) is 1.28. The molecule has 0 bridgehead atoms. The summed E-state index contributed by atoms with van der Waals surface area (Å²) in [5, 5.41) is 2.50. The maximum Gasteiger partial charge on any atom is 0.0187 e. The van der Waals surface area contributed by atoms with Gasteiger partial charge in [-0.2, -0.15) is 0 Å². The number of aryl methyl sites for hydroxylation is 1. The number of hydrogen-bond donors (Lipinski definition) is 0. The van der Waals surface area contributed by atoms with Crippen LogP contribution in [0.15, 0.2) is 35.2 Å². The molecule has 0 nitrogen and oxygen atoms in total. The van der Waals surface area contributed by atoms with Crippen molar-refractivity contribution < 1.29 is 0 Å². The Morgan fingerprint density at radius 1 is 1.29 bits per heavy atom. The Hall–Kier alpha value is -0.950. The highest BCUT2D eigenvalue weighted by Gasteiger charge is 2.00. The fraction of sp³-hybridized carbons (Fsp3) is 0.231. The van der Waals surface area contributed by atoms with Crippen LogP contribution in [0.5, 0.6) is 0 Å². The largest absolute Gasteiger partial charge is 0.126 e. The zero-order valence-corrected chi connectivity index (χ0v) is 9.32. The average Bonchev–Trinajstić information content (AvgIpc) is 2.19. The molecule has 0 N–H and O–H groups in total. The van der Waals surface area contributed by atoms with Gasteiger partial charge in [0.05, 0.1) is 0 Å². The van der Waals surface area contributed by atoms with Gasteiger partial charge in [-0.15, -0.1) is 11.8 Å². The van der Waals surface area contributed by atoms with Crippen LogP contribution in [0.25, 0.3) is 10.8 Å². The first-order chi connectivity index (χ1) is 6.81. The molecule has 14 heavy (non-hydrogen) atoms. The molecule has 1 heteroatoms. The topological polar surface area (TPSA) is 0 Å². The van der Waals surface area contributed by atoms with Crippen LogP contribution < -0.4 is 0 Å². The van der Waals surface area contributed by atoms with E-state index in [4.69, 9.17) is 0 Å². The zero-order chi connectivity index (χ0) is 9.97. The fourth-order valence-corrected chi connectivity index (χ4v) is 2.31. The van der Waals surface area contributed by atoms with Gasteiger partial charge in [0.25, 0.3) is 0 Å². The maximum atomic E-state index is 3.46. The molecule has 0 fully saturated rings. The second-order valence-corrected chi connectivity index (χ2v) is 4.58. The Balaban J connectivity index is 2.59. The minimum atomic E-state index is 1.11. The van der Waals surface area contributed by atoms with Crippen LogP contribution in [0.3, 0.4) is 0 Å². The Morgan fingerprint density at radius 3 is 2.86 bits per heavy atom. The third-order valence-corrected chi connectivity index (χ3v) is 3.23. The molecule has 71 valence electrons. The van der Waals surface area contributed by atoms with Crippen LogP contribution in [-0.2, 0) is 0 Å². The number of rotatable bonds is 2. The number of benzene rings is 2. The van der Waals surface area contributed by atoms with E-state index >= 15 is 0 Å². The number of fused-ring (bicyclic) bond motifs is 1. The van der Waals surface area contributed by atoms with Crippen LogP contribution in [-0.4, -0.2) is 5.75 Å². The third kappa shape index (κ3) is 1.78. The molecule has 0 aliphatic rings. The Kier molecular flexibility index (Phi) is 2.78. The van der Waals surface area contributed by atoms with E-state index in [0.717, 1.165) is 5.75 Å². The molecule has 0 saturated carbocycles. The highest BCUT2D eigenvalue weighted by Crippen LogP contribution is 2.26. The molecule has 2 rings (SSSR count). The Labute approximate surface area is 89.3 Å². The minimum absolute atomic E-state index is 1.11. The van der Waals surface area contributed by atoms with Gasteiger partial charge in [-0.05, 0) is 29.0 Å². The lowest BCUT2D eigenvalue weighted by Crippen LogP contribution is -1.82. The maximum absolute atomic E-state index is 3.46. The highest BCUT2D eigenvalue weighted by atomic mass is 32.2. The van der Waals surface area contributed by atoms with E-state index in [1.807, 2.05) is 11.8 Å². The molecule has 0 aliphatic carbocycles. The van der Waals surface area contributed by atoms with Gasteiger partial charge in [-0.3, -0.25) is 0 Å². The molecular formula is C13H13S. The smallest absolute Gasteiger partial charge is 0.0187 e. The van der Waals surface area contributed by atoms with Crippen molar-refractivity contribution in [2.24, 2.45) is 0 Å². The molecule has 0 unspecified atom stereocenters. The lowest BCUT2D eigenvalue weighted by molar-refractivity contribution is 1.31. The summed E-state index contributed by atoms with van der Waals surface area (Å²) in [5.74, 6) is 1.11. The predicted octanol–water partition coefficient (Wildman–Crippen LogP) is 4.06. The number of hydrogen-bond acceptors (Lipinski definition) is 1. The molecule has 1 radical (unpaired) electrons. The van der Waals surface area contributed by atoms with Crippen LogP contribution in [0.1, 0.15) is 12.5 Å². The van der Waals surface area contributed by atoms with Crippen LogP contribution in [0, 0.1) is 13.0 Å². The van der Waals surface area contributed by atoms with Crippen molar-refractivity contribution in [2.75, 3.05) is 5.75 Å². The summed E-state index contributed by atoms with van der Waals surface area (Å²) in [5.41, 5.74) is 1.33. The molecule has 0 heterocycles. The van der Waals surface area contributed by atoms with Crippen molar-refractivity contribution in [3.8, 4) is 0 Å². The van der Waals surface area contributed by atoms with Gasteiger partial charge in [0.15, 0.2) is 0 Å². The lowest BCUT2D eigenvalue weighted by Gasteiger charge is -2.05. The van der Waals surface area contributed by atoms with Crippen LogP contribution in [0.2, 0.25) is 0 Å². The molecule has 0 aliphatic heterocycles. The first-order valence-electron chi connectivity index (χ1n) is 4.85. The van der Waals surface area contributed by atoms with Gasteiger partial charge in [-0.25, -0.2) is 0 Å².